The average Bonchev–Trinajstić information content (AvgIpc) is 2.89. The minimum absolute atomic E-state index is 0.0571. The highest BCUT2D eigenvalue weighted by atomic mass is 32.2. The van der Waals surface area contributed by atoms with E-state index in [1.807, 2.05) is 0 Å². The van der Waals surface area contributed by atoms with Gasteiger partial charge in [0, 0.05) is 5.39 Å². The maximum absolute atomic E-state index is 13.1. The van der Waals surface area contributed by atoms with Crippen LogP contribution in [0.4, 0.5) is 5.69 Å². The zero-order valence-electron chi connectivity index (χ0n) is 14.1. The van der Waals surface area contributed by atoms with Gasteiger partial charge in [-0.05, 0) is 36.4 Å². The minimum Gasteiger partial charge on any atom is -0.374 e. The first-order valence-corrected chi connectivity index (χ1v) is 10.1. The van der Waals surface area contributed by atoms with E-state index < -0.39 is 28.0 Å². The summed E-state index contributed by atoms with van der Waals surface area (Å²) < 4.78 is 24.6. The molecular weight excluding hydrogens is 356 g/mol. The molecule has 0 aromatic heterocycles. The Morgan fingerprint density at radius 3 is 2.69 bits per heavy atom. The number of piperidine rings is 1. The second-order valence-electron chi connectivity index (χ2n) is 6.54. The normalized spacial score (nSPS) is 22.8. The van der Waals surface area contributed by atoms with Gasteiger partial charge in [0.1, 0.15) is 12.3 Å². The second-order valence-corrected chi connectivity index (χ2v) is 8.82. The number of nitrogens with one attached hydrogen (secondary N) is 1. The zero-order chi connectivity index (χ0) is 18.6. The van der Waals surface area contributed by atoms with Crippen molar-refractivity contribution in [3.8, 4) is 0 Å². The molecule has 2 aromatic rings. The standard InChI is InChI=1S/C18H18N2O5S/c1-2-26(24,25)11-8-10-4-3-5-13-16(10)12(9-11)18(23)20(13)14-6-7-15(21)19-17(14)22/h3-5,8-9,14-15,21H,2,6-7H2,1H3,(H,19,22). The number of rotatable bonds is 3. The number of sulfone groups is 1. The van der Waals surface area contributed by atoms with Crippen LogP contribution in [-0.2, 0) is 14.6 Å². The number of anilines is 1. The van der Waals surface area contributed by atoms with Crippen molar-refractivity contribution in [2.75, 3.05) is 10.7 Å². The fourth-order valence-corrected chi connectivity index (χ4v) is 4.61. The fourth-order valence-electron chi connectivity index (χ4n) is 3.67. The van der Waals surface area contributed by atoms with Crippen LogP contribution in [0.15, 0.2) is 35.2 Å². The summed E-state index contributed by atoms with van der Waals surface area (Å²) in [6.45, 7) is 1.56. The third-order valence-corrected chi connectivity index (χ3v) is 6.73. The van der Waals surface area contributed by atoms with Gasteiger partial charge in [0.05, 0.1) is 21.9 Å². The molecule has 0 spiro atoms. The first-order valence-electron chi connectivity index (χ1n) is 8.45. The summed E-state index contributed by atoms with van der Waals surface area (Å²) in [6.07, 6.45) is -0.221. The lowest BCUT2D eigenvalue weighted by Crippen LogP contribution is -2.55. The van der Waals surface area contributed by atoms with Crippen molar-refractivity contribution >= 4 is 38.1 Å². The molecule has 2 atom stereocenters. The van der Waals surface area contributed by atoms with Gasteiger partial charge in [0.2, 0.25) is 5.91 Å². The number of benzene rings is 2. The zero-order valence-corrected chi connectivity index (χ0v) is 14.9. The van der Waals surface area contributed by atoms with E-state index in [-0.39, 0.29) is 16.6 Å². The summed E-state index contributed by atoms with van der Waals surface area (Å²) in [6, 6.07) is 7.51. The van der Waals surface area contributed by atoms with Gasteiger partial charge in [-0.2, -0.15) is 0 Å². The van der Waals surface area contributed by atoms with Crippen molar-refractivity contribution in [2.24, 2.45) is 0 Å². The van der Waals surface area contributed by atoms with Crippen LogP contribution in [0.1, 0.15) is 30.1 Å². The highest BCUT2D eigenvalue weighted by molar-refractivity contribution is 7.91. The molecule has 8 heteroatoms. The molecule has 0 aliphatic carbocycles. The molecule has 136 valence electrons. The van der Waals surface area contributed by atoms with Crippen molar-refractivity contribution in [3.63, 3.8) is 0 Å². The molecule has 0 bridgehead atoms. The molecule has 2 unspecified atom stereocenters. The molecular formula is C18H18N2O5S. The van der Waals surface area contributed by atoms with Crippen LogP contribution in [-0.4, -0.2) is 43.4 Å². The van der Waals surface area contributed by atoms with E-state index in [9.17, 15) is 23.1 Å². The number of nitrogens with zero attached hydrogens (tertiary/aromatic N) is 1. The monoisotopic (exact) mass is 374 g/mol. The summed E-state index contributed by atoms with van der Waals surface area (Å²) >= 11 is 0. The van der Waals surface area contributed by atoms with E-state index in [2.05, 4.69) is 5.32 Å². The van der Waals surface area contributed by atoms with E-state index in [0.29, 0.717) is 34.9 Å². The fraction of sp³-hybridized carbons (Fsp3) is 0.333. The molecule has 2 heterocycles. The van der Waals surface area contributed by atoms with Gasteiger partial charge in [-0.3, -0.25) is 14.5 Å². The Hall–Kier alpha value is -2.45. The van der Waals surface area contributed by atoms with Crippen LogP contribution in [0, 0.1) is 0 Å². The maximum atomic E-state index is 13.1. The summed E-state index contributed by atoms with van der Waals surface area (Å²) in [5, 5.41) is 13.4. The van der Waals surface area contributed by atoms with Gasteiger partial charge >= 0.3 is 0 Å². The number of carbonyl (C=O) groups excluding carboxylic acids is 2. The molecule has 1 saturated heterocycles. The Balaban J connectivity index is 1.88. The number of hydrogen-bond acceptors (Lipinski definition) is 5. The Labute approximate surface area is 150 Å². The molecule has 2 N–H and O–H groups in total. The van der Waals surface area contributed by atoms with Crippen molar-refractivity contribution in [3.05, 3.63) is 35.9 Å². The Kier molecular flexibility index (Phi) is 3.78. The number of aliphatic hydroxyl groups excluding tert-OH is 1. The van der Waals surface area contributed by atoms with E-state index in [1.165, 1.54) is 11.0 Å². The van der Waals surface area contributed by atoms with Crippen LogP contribution in [0.25, 0.3) is 10.8 Å². The van der Waals surface area contributed by atoms with E-state index in [0.717, 1.165) is 0 Å². The third-order valence-electron chi connectivity index (χ3n) is 5.01. The predicted molar refractivity (Wildman–Crippen MR) is 95.7 cm³/mol. The average molecular weight is 374 g/mol. The third kappa shape index (κ3) is 2.40. The number of aliphatic hydroxyl groups is 1. The first-order chi connectivity index (χ1) is 12.3. The van der Waals surface area contributed by atoms with Crippen LogP contribution in [0.2, 0.25) is 0 Å². The van der Waals surface area contributed by atoms with Gasteiger partial charge in [0.15, 0.2) is 9.84 Å². The summed E-state index contributed by atoms with van der Waals surface area (Å²) in [4.78, 5) is 26.9. The summed E-state index contributed by atoms with van der Waals surface area (Å²) in [7, 11) is -3.47. The van der Waals surface area contributed by atoms with Crippen LogP contribution in [0.5, 0.6) is 0 Å². The lowest BCUT2D eigenvalue weighted by atomic mass is 10.0. The Morgan fingerprint density at radius 2 is 2.00 bits per heavy atom. The van der Waals surface area contributed by atoms with Crippen molar-refractivity contribution in [1.82, 2.24) is 5.32 Å². The molecule has 26 heavy (non-hydrogen) atoms. The van der Waals surface area contributed by atoms with E-state index in [4.69, 9.17) is 0 Å². The predicted octanol–water partition coefficient (Wildman–Crippen LogP) is 1.19. The molecule has 0 saturated carbocycles. The van der Waals surface area contributed by atoms with E-state index in [1.54, 1.807) is 31.2 Å². The topological polar surface area (TPSA) is 104 Å². The molecule has 0 radical (unpaired) electrons. The van der Waals surface area contributed by atoms with Crippen molar-refractivity contribution < 1.29 is 23.1 Å². The van der Waals surface area contributed by atoms with Gasteiger partial charge < -0.3 is 10.4 Å². The SMILES string of the molecule is CCS(=O)(=O)c1cc2c3c(cccc3c1)N(C1CCC(O)NC1=O)C2=O. The first kappa shape index (κ1) is 17.0. The number of hydrogen-bond donors (Lipinski definition) is 2. The van der Waals surface area contributed by atoms with Crippen LogP contribution < -0.4 is 10.2 Å². The maximum Gasteiger partial charge on any atom is 0.259 e. The minimum atomic E-state index is -3.47. The van der Waals surface area contributed by atoms with Crippen molar-refractivity contribution in [2.45, 2.75) is 36.9 Å². The Bertz CT molecular complexity index is 1050. The molecule has 2 aromatic carbocycles. The second kappa shape index (κ2) is 5.78. The lowest BCUT2D eigenvalue weighted by molar-refractivity contribution is -0.128. The molecule has 4 rings (SSSR count). The number of amides is 2. The molecule has 2 aliphatic rings. The van der Waals surface area contributed by atoms with Crippen LogP contribution in [0.3, 0.4) is 0 Å². The van der Waals surface area contributed by atoms with Crippen molar-refractivity contribution in [1.29, 1.82) is 0 Å². The molecule has 7 nitrogen and oxygen atoms in total. The van der Waals surface area contributed by atoms with Gasteiger partial charge in [-0.15, -0.1) is 0 Å². The molecule has 2 aliphatic heterocycles. The number of carbonyl (C=O) groups is 2. The summed E-state index contributed by atoms with van der Waals surface area (Å²) in [5.41, 5.74) is 0.892. The largest absolute Gasteiger partial charge is 0.374 e. The van der Waals surface area contributed by atoms with Crippen LogP contribution >= 0.6 is 0 Å². The quantitative estimate of drug-likeness (QED) is 0.840. The smallest absolute Gasteiger partial charge is 0.259 e. The van der Waals surface area contributed by atoms with Gasteiger partial charge in [-0.1, -0.05) is 19.1 Å². The molecule has 1 fully saturated rings. The molecule has 2 amide bonds. The van der Waals surface area contributed by atoms with E-state index >= 15 is 0 Å². The van der Waals surface area contributed by atoms with Gasteiger partial charge in [-0.25, -0.2) is 8.42 Å². The highest BCUT2D eigenvalue weighted by Gasteiger charge is 2.41. The summed E-state index contributed by atoms with van der Waals surface area (Å²) in [5.74, 6) is -0.859. The Morgan fingerprint density at radius 1 is 1.23 bits per heavy atom. The highest BCUT2D eigenvalue weighted by Crippen LogP contribution is 2.41. The van der Waals surface area contributed by atoms with Gasteiger partial charge in [0.25, 0.3) is 5.91 Å². The lowest BCUT2D eigenvalue weighted by Gasteiger charge is -2.32.